The van der Waals surface area contributed by atoms with Crippen LogP contribution in [-0.2, 0) is 22.6 Å². The molecule has 2 heterocycles. The zero-order valence-electron chi connectivity index (χ0n) is 17.9. The van der Waals surface area contributed by atoms with Gasteiger partial charge in [-0.25, -0.2) is 14.2 Å². The number of nitrogens with zero attached hydrogens (tertiary/aromatic N) is 2. The van der Waals surface area contributed by atoms with Gasteiger partial charge in [-0.1, -0.05) is 19.9 Å². The Morgan fingerprint density at radius 1 is 1.39 bits per heavy atom. The molecule has 166 valence electrons. The van der Waals surface area contributed by atoms with E-state index >= 15 is 0 Å². The number of halogens is 1. The molecule has 31 heavy (non-hydrogen) atoms. The van der Waals surface area contributed by atoms with Crippen LogP contribution in [0.1, 0.15) is 44.4 Å². The third-order valence-electron chi connectivity index (χ3n) is 6.32. The highest BCUT2D eigenvalue weighted by Gasteiger charge is 2.49. The maximum absolute atomic E-state index is 14.6. The first-order valence-corrected chi connectivity index (χ1v) is 10.7. The maximum Gasteiger partial charge on any atom is 0.412 e. The van der Waals surface area contributed by atoms with E-state index in [1.165, 1.54) is 18.7 Å². The number of nitrogens with one attached hydrogen (secondary N) is 1. The number of hydrogen-bond acceptors (Lipinski definition) is 5. The molecule has 4 rings (SSSR count). The molecule has 0 bridgehead atoms. The van der Waals surface area contributed by atoms with Gasteiger partial charge in [-0.05, 0) is 54.7 Å². The Bertz CT molecular complexity index is 938. The summed E-state index contributed by atoms with van der Waals surface area (Å²) in [5.74, 6) is 0.778. The number of likely N-dealkylation sites (tertiary alicyclic amines) is 1. The minimum absolute atomic E-state index is 0.0340. The Hall–Kier alpha value is -2.90. The molecular weight excluding hydrogens is 401 g/mol. The number of carbonyl (C=O) groups excluding carboxylic acids is 2. The van der Waals surface area contributed by atoms with Crippen LogP contribution in [-0.4, -0.2) is 35.0 Å². The zero-order chi connectivity index (χ0) is 22.0. The third kappa shape index (κ3) is 4.89. The van der Waals surface area contributed by atoms with Crippen molar-refractivity contribution in [2.75, 3.05) is 18.4 Å². The van der Waals surface area contributed by atoms with Gasteiger partial charge < -0.3 is 14.1 Å². The van der Waals surface area contributed by atoms with E-state index in [4.69, 9.17) is 9.15 Å². The molecule has 0 radical (unpaired) electrons. The highest BCUT2D eigenvalue weighted by Crippen LogP contribution is 2.53. The van der Waals surface area contributed by atoms with Crippen molar-refractivity contribution in [1.29, 1.82) is 0 Å². The first kappa shape index (κ1) is 21.3. The lowest BCUT2D eigenvalue weighted by molar-refractivity contribution is -0.134. The summed E-state index contributed by atoms with van der Waals surface area (Å²) in [6.07, 6.45) is 5.79. The molecule has 0 unspecified atom stereocenters. The van der Waals surface area contributed by atoms with Crippen LogP contribution in [0.2, 0.25) is 0 Å². The number of carbonyl (C=O) groups is 2. The van der Waals surface area contributed by atoms with Gasteiger partial charge in [0, 0.05) is 24.7 Å². The van der Waals surface area contributed by atoms with Crippen LogP contribution in [0.15, 0.2) is 35.2 Å². The first-order valence-electron chi connectivity index (χ1n) is 10.7. The van der Waals surface area contributed by atoms with E-state index in [1.54, 1.807) is 12.1 Å². The van der Waals surface area contributed by atoms with E-state index in [-0.39, 0.29) is 29.7 Å². The van der Waals surface area contributed by atoms with Gasteiger partial charge in [0.25, 0.3) is 0 Å². The molecule has 1 aliphatic heterocycles. The normalized spacial score (nSPS) is 22.6. The van der Waals surface area contributed by atoms with Crippen molar-refractivity contribution in [2.24, 2.45) is 17.3 Å². The second kappa shape index (κ2) is 8.69. The van der Waals surface area contributed by atoms with Crippen LogP contribution < -0.4 is 5.32 Å². The van der Waals surface area contributed by atoms with Gasteiger partial charge in [0.05, 0.1) is 6.20 Å². The van der Waals surface area contributed by atoms with E-state index in [0.717, 1.165) is 32.4 Å². The van der Waals surface area contributed by atoms with Crippen molar-refractivity contribution in [3.63, 3.8) is 0 Å². The standard InChI is InChI=1S/C23H28FN3O4/c1-15(2)21(28)27-6-5-23(13-27)9-16(10-23)7-17-3-4-18(8-20(17)24)26-22(29)30-12-19-11-25-14-31-19/h3-4,8,11,14-16H,5-7,9-10,12-13H2,1-2H3,(H,26,29). The summed E-state index contributed by atoms with van der Waals surface area (Å²) in [6, 6.07) is 4.72. The van der Waals surface area contributed by atoms with Gasteiger partial charge in [0.2, 0.25) is 5.91 Å². The van der Waals surface area contributed by atoms with Crippen molar-refractivity contribution in [3.8, 4) is 0 Å². The molecule has 1 aliphatic carbocycles. The molecule has 2 amide bonds. The lowest BCUT2D eigenvalue weighted by Gasteiger charge is -2.45. The molecule has 0 atom stereocenters. The van der Waals surface area contributed by atoms with Crippen LogP contribution in [0.25, 0.3) is 0 Å². The van der Waals surface area contributed by atoms with E-state index in [0.29, 0.717) is 29.3 Å². The molecular formula is C23H28FN3O4. The quantitative estimate of drug-likeness (QED) is 0.736. The number of benzene rings is 1. The average molecular weight is 429 g/mol. The summed E-state index contributed by atoms with van der Waals surface area (Å²) in [4.78, 5) is 29.8. The average Bonchev–Trinajstić information content (AvgIpc) is 3.37. The monoisotopic (exact) mass is 429 g/mol. The number of rotatable bonds is 6. The number of anilines is 1. The number of ether oxygens (including phenoxy) is 1. The van der Waals surface area contributed by atoms with Gasteiger partial charge in [0.15, 0.2) is 18.8 Å². The highest BCUT2D eigenvalue weighted by atomic mass is 19.1. The molecule has 8 heteroatoms. The largest absolute Gasteiger partial charge is 0.445 e. The van der Waals surface area contributed by atoms with Crippen molar-refractivity contribution in [2.45, 2.75) is 46.1 Å². The molecule has 1 N–H and O–H groups in total. The second-order valence-corrected chi connectivity index (χ2v) is 9.12. The Kier molecular flexibility index (Phi) is 5.98. The van der Waals surface area contributed by atoms with Crippen LogP contribution in [0.3, 0.4) is 0 Å². The Morgan fingerprint density at radius 2 is 2.19 bits per heavy atom. The smallest absolute Gasteiger partial charge is 0.412 e. The molecule has 1 saturated heterocycles. The van der Waals surface area contributed by atoms with Gasteiger partial charge in [0.1, 0.15) is 5.82 Å². The lowest BCUT2D eigenvalue weighted by atomic mass is 9.60. The lowest BCUT2D eigenvalue weighted by Crippen LogP contribution is -2.42. The minimum Gasteiger partial charge on any atom is -0.445 e. The topological polar surface area (TPSA) is 84.7 Å². The van der Waals surface area contributed by atoms with E-state index in [2.05, 4.69) is 10.3 Å². The fourth-order valence-corrected chi connectivity index (χ4v) is 4.84. The highest BCUT2D eigenvalue weighted by molar-refractivity contribution is 5.84. The summed E-state index contributed by atoms with van der Waals surface area (Å²) in [6.45, 7) is 5.51. The Morgan fingerprint density at radius 3 is 2.87 bits per heavy atom. The number of aromatic nitrogens is 1. The Labute approximate surface area is 181 Å². The molecule has 2 aliphatic rings. The third-order valence-corrected chi connectivity index (χ3v) is 6.32. The summed E-state index contributed by atoms with van der Waals surface area (Å²) in [5, 5.41) is 2.52. The fraction of sp³-hybridized carbons (Fsp3) is 0.522. The number of hydrogen-bond donors (Lipinski definition) is 1. The number of oxazole rings is 1. The maximum atomic E-state index is 14.6. The van der Waals surface area contributed by atoms with Crippen LogP contribution in [0, 0.1) is 23.1 Å². The molecule has 1 spiro atoms. The summed E-state index contributed by atoms with van der Waals surface area (Å²) in [5.41, 5.74) is 1.21. The predicted octanol–water partition coefficient (Wildman–Crippen LogP) is 4.39. The van der Waals surface area contributed by atoms with Gasteiger partial charge in [-0.3, -0.25) is 10.1 Å². The first-order chi connectivity index (χ1) is 14.8. The molecule has 1 aromatic carbocycles. The van der Waals surface area contributed by atoms with Crippen LogP contribution in [0.5, 0.6) is 0 Å². The SMILES string of the molecule is CC(C)C(=O)N1CCC2(CC(Cc3ccc(NC(=O)OCc4cnco4)cc3F)C2)C1. The van der Waals surface area contributed by atoms with Crippen molar-refractivity contribution < 1.29 is 23.1 Å². The molecule has 1 aromatic heterocycles. The van der Waals surface area contributed by atoms with E-state index in [9.17, 15) is 14.0 Å². The van der Waals surface area contributed by atoms with Crippen molar-refractivity contribution in [3.05, 3.63) is 47.9 Å². The molecule has 2 aromatic rings. The minimum atomic E-state index is -0.689. The van der Waals surface area contributed by atoms with Crippen LogP contribution >= 0.6 is 0 Å². The Balaban J connectivity index is 1.25. The summed E-state index contributed by atoms with van der Waals surface area (Å²) >= 11 is 0. The summed E-state index contributed by atoms with van der Waals surface area (Å²) in [7, 11) is 0. The van der Waals surface area contributed by atoms with E-state index < -0.39 is 6.09 Å². The van der Waals surface area contributed by atoms with Gasteiger partial charge in [-0.15, -0.1) is 0 Å². The van der Waals surface area contributed by atoms with Crippen molar-refractivity contribution in [1.82, 2.24) is 9.88 Å². The van der Waals surface area contributed by atoms with Gasteiger partial charge in [-0.2, -0.15) is 0 Å². The van der Waals surface area contributed by atoms with Gasteiger partial charge >= 0.3 is 6.09 Å². The zero-order valence-corrected chi connectivity index (χ0v) is 17.9. The van der Waals surface area contributed by atoms with E-state index in [1.807, 2.05) is 18.7 Å². The fourth-order valence-electron chi connectivity index (χ4n) is 4.84. The van der Waals surface area contributed by atoms with Crippen molar-refractivity contribution >= 4 is 17.7 Å². The molecule has 2 fully saturated rings. The second-order valence-electron chi connectivity index (χ2n) is 9.12. The predicted molar refractivity (Wildman–Crippen MR) is 112 cm³/mol. The van der Waals surface area contributed by atoms with Crippen LogP contribution in [0.4, 0.5) is 14.9 Å². The molecule has 7 nitrogen and oxygen atoms in total. The summed E-state index contributed by atoms with van der Waals surface area (Å²) < 4.78 is 24.6. The molecule has 1 saturated carbocycles. The number of amides is 2.